The minimum atomic E-state index is -0.409. The Balaban J connectivity index is 2.74. The second kappa shape index (κ2) is 6.96. The van der Waals surface area contributed by atoms with E-state index in [1.165, 1.54) is 13.0 Å². The summed E-state index contributed by atoms with van der Waals surface area (Å²) in [6.45, 7) is 5.02. The molecule has 1 heterocycles. The minimum Gasteiger partial charge on any atom is -0.426 e. The summed E-state index contributed by atoms with van der Waals surface area (Å²) in [5.41, 5.74) is 2.47. The quantitative estimate of drug-likeness (QED) is 0.317. The van der Waals surface area contributed by atoms with Gasteiger partial charge in [-0.3, -0.25) is 4.79 Å². The first-order valence-corrected chi connectivity index (χ1v) is 8.82. The van der Waals surface area contributed by atoms with Crippen molar-refractivity contribution in [3.05, 3.63) is 39.2 Å². The van der Waals surface area contributed by atoms with Crippen molar-refractivity contribution in [3.8, 4) is 5.75 Å². The highest BCUT2D eigenvalue weighted by atomic mass is 79.9. The van der Waals surface area contributed by atoms with E-state index in [9.17, 15) is 9.59 Å². The fourth-order valence-electron chi connectivity index (χ4n) is 2.39. The Morgan fingerprint density at radius 3 is 2.64 bits per heavy atom. The molecule has 0 aliphatic heterocycles. The van der Waals surface area contributed by atoms with Crippen molar-refractivity contribution < 1.29 is 13.9 Å². The Bertz CT molecular complexity index is 780. The lowest BCUT2D eigenvalue weighted by Gasteiger charge is -2.16. The summed E-state index contributed by atoms with van der Waals surface area (Å²) in [5.74, 6) is 0.0721. The topological polar surface area (TPSA) is 56.5 Å². The average molecular weight is 432 g/mol. The molecule has 0 saturated carbocycles. The van der Waals surface area contributed by atoms with Gasteiger partial charge < -0.3 is 9.15 Å². The van der Waals surface area contributed by atoms with Gasteiger partial charge in [-0.2, -0.15) is 0 Å². The Kier molecular flexibility index (Phi) is 5.45. The lowest BCUT2D eigenvalue weighted by molar-refractivity contribution is -0.131. The number of benzene rings is 1. The zero-order chi connectivity index (χ0) is 16.4. The first kappa shape index (κ1) is 17.2. The van der Waals surface area contributed by atoms with Crippen LogP contribution in [0.15, 0.2) is 21.3 Å². The summed E-state index contributed by atoms with van der Waals surface area (Å²) in [6.07, 6.45) is 0.684. The minimum absolute atomic E-state index is 0.203. The summed E-state index contributed by atoms with van der Waals surface area (Å²) >= 11 is 7.00. The number of carbonyl (C=O) groups is 1. The molecule has 2 rings (SSSR count). The number of carbonyl (C=O) groups excluding carboxylic acids is 1. The Morgan fingerprint density at radius 1 is 1.36 bits per heavy atom. The Hall–Kier alpha value is -1.14. The van der Waals surface area contributed by atoms with Gasteiger partial charge in [0, 0.05) is 34.1 Å². The molecule has 1 aromatic heterocycles. The molecule has 6 heteroatoms. The second-order valence-corrected chi connectivity index (χ2v) is 7.11. The molecule has 0 aliphatic rings. The second-order valence-electron chi connectivity index (χ2n) is 5.16. The van der Waals surface area contributed by atoms with Crippen LogP contribution in [0.4, 0.5) is 0 Å². The summed E-state index contributed by atoms with van der Waals surface area (Å²) in [6, 6.07) is 3.39. The average Bonchev–Trinajstić information content (AvgIpc) is 2.43. The Morgan fingerprint density at radius 2 is 2.05 bits per heavy atom. The lowest BCUT2D eigenvalue weighted by Crippen LogP contribution is -2.11. The van der Waals surface area contributed by atoms with Crippen LogP contribution in [0.2, 0.25) is 0 Å². The van der Waals surface area contributed by atoms with Crippen LogP contribution in [0.3, 0.4) is 0 Å². The van der Waals surface area contributed by atoms with Crippen molar-refractivity contribution in [1.82, 2.24) is 0 Å². The molecule has 0 aliphatic carbocycles. The number of alkyl halides is 2. The van der Waals surface area contributed by atoms with Gasteiger partial charge in [0.15, 0.2) is 0 Å². The molecule has 0 N–H and O–H groups in total. The number of ether oxygens (including phenoxy) is 1. The van der Waals surface area contributed by atoms with E-state index >= 15 is 0 Å². The SMILES string of the molecule is CC(=O)Oc1c(C[C@H](Br)CBr)cc2c(C)cc(=O)oc2c1C. The smallest absolute Gasteiger partial charge is 0.336 e. The zero-order valence-electron chi connectivity index (χ0n) is 12.5. The molecule has 1 atom stereocenters. The van der Waals surface area contributed by atoms with Crippen LogP contribution in [0.25, 0.3) is 11.0 Å². The first-order chi connectivity index (χ1) is 10.3. The van der Waals surface area contributed by atoms with Crippen LogP contribution in [-0.4, -0.2) is 16.1 Å². The molecule has 0 spiro atoms. The fraction of sp³-hybridized carbons (Fsp3) is 0.375. The zero-order valence-corrected chi connectivity index (χ0v) is 15.7. The predicted molar refractivity (Wildman–Crippen MR) is 93.5 cm³/mol. The summed E-state index contributed by atoms with van der Waals surface area (Å²) < 4.78 is 10.7. The maximum Gasteiger partial charge on any atom is 0.336 e. The molecule has 0 unspecified atom stereocenters. The molecule has 0 radical (unpaired) electrons. The van der Waals surface area contributed by atoms with Crippen LogP contribution < -0.4 is 10.4 Å². The normalized spacial score (nSPS) is 12.4. The molecular weight excluding hydrogens is 416 g/mol. The van der Waals surface area contributed by atoms with Crippen molar-refractivity contribution >= 4 is 48.8 Å². The lowest BCUT2D eigenvalue weighted by atomic mass is 9.99. The Labute approximate surface area is 145 Å². The third-order valence-electron chi connectivity index (χ3n) is 3.35. The van der Waals surface area contributed by atoms with Crippen LogP contribution in [0.5, 0.6) is 5.75 Å². The third-order valence-corrected chi connectivity index (χ3v) is 5.65. The van der Waals surface area contributed by atoms with Crippen molar-refractivity contribution in [2.75, 3.05) is 5.33 Å². The van der Waals surface area contributed by atoms with Gasteiger partial charge in [0.25, 0.3) is 0 Å². The van der Waals surface area contributed by atoms with Gasteiger partial charge in [-0.05, 0) is 37.5 Å². The molecule has 1 aromatic carbocycles. The van der Waals surface area contributed by atoms with E-state index in [4.69, 9.17) is 9.15 Å². The predicted octanol–water partition coefficient (Wildman–Crippen LogP) is 4.04. The highest BCUT2D eigenvalue weighted by Gasteiger charge is 2.18. The van der Waals surface area contributed by atoms with Crippen LogP contribution in [-0.2, 0) is 11.2 Å². The van der Waals surface area contributed by atoms with Crippen molar-refractivity contribution in [2.45, 2.75) is 32.0 Å². The van der Waals surface area contributed by atoms with Crippen LogP contribution in [0, 0.1) is 13.8 Å². The van der Waals surface area contributed by atoms with Gasteiger partial charge in [0.1, 0.15) is 11.3 Å². The van der Waals surface area contributed by atoms with E-state index in [1.54, 1.807) is 6.92 Å². The van der Waals surface area contributed by atoms with Gasteiger partial charge >= 0.3 is 11.6 Å². The number of aryl methyl sites for hydroxylation is 2. The summed E-state index contributed by atoms with van der Waals surface area (Å²) in [7, 11) is 0. The van der Waals surface area contributed by atoms with E-state index in [-0.39, 0.29) is 4.83 Å². The van der Waals surface area contributed by atoms with E-state index < -0.39 is 11.6 Å². The first-order valence-electron chi connectivity index (χ1n) is 6.78. The molecule has 0 bridgehead atoms. The number of halogens is 2. The largest absolute Gasteiger partial charge is 0.426 e. The molecule has 2 aromatic rings. The fourth-order valence-corrected chi connectivity index (χ4v) is 2.97. The van der Waals surface area contributed by atoms with Gasteiger partial charge in [0.2, 0.25) is 0 Å². The van der Waals surface area contributed by atoms with Gasteiger partial charge in [-0.1, -0.05) is 31.9 Å². The molecule has 0 saturated heterocycles. The van der Waals surface area contributed by atoms with E-state index in [0.29, 0.717) is 23.3 Å². The molecular formula is C16H16Br2O4. The monoisotopic (exact) mass is 430 g/mol. The van der Waals surface area contributed by atoms with E-state index in [0.717, 1.165) is 21.8 Å². The highest BCUT2D eigenvalue weighted by molar-refractivity contribution is 9.12. The molecule has 4 nitrogen and oxygen atoms in total. The highest BCUT2D eigenvalue weighted by Crippen LogP contribution is 2.34. The summed E-state index contributed by atoms with van der Waals surface area (Å²) in [4.78, 5) is 23.2. The number of hydrogen-bond acceptors (Lipinski definition) is 4. The van der Waals surface area contributed by atoms with Crippen LogP contribution in [0.1, 0.15) is 23.6 Å². The number of rotatable bonds is 4. The van der Waals surface area contributed by atoms with Gasteiger partial charge in [-0.15, -0.1) is 0 Å². The van der Waals surface area contributed by atoms with Crippen molar-refractivity contribution in [1.29, 1.82) is 0 Å². The van der Waals surface area contributed by atoms with Gasteiger partial charge in [0.05, 0.1) is 0 Å². The van der Waals surface area contributed by atoms with Crippen LogP contribution >= 0.6 is 31.9 Å². The number of fused-ring (bicyclic) bond motifs is 1. The van der Waals surface area contributed by atoms with E-state index in [2.05, 4.69) is 31.9 Å². The maximum absolute atomic E-state index is 11.6. The van der Waals surface area contributed by atoms with Gasteiger partial charge in [-0.25, -0.2) is 4.79 Å². The van der Waals surface area contributed by atoms with Crippen molar-refractivity contribution in [3.63, 3.8) is 0 Å². The number of esters is 1. The summed E-state index contributed by atoms with van der Waals surface area (Å²) in [5, 5.41) is 1.63. The van der Waals surface area contributed by atoms with E-state index in [1.807, 2.05) is 13.0 Å². The standard InChI is InChI=1S/C16H16Br2O4/c1-8-4-14(20)22-16-9(2)15(21-10(3)19)11(6-13(8)16)5-12(18)7-17/h4,6,12H,5,7H2,1-3H3/t12-/m0/s1. The maximum atomic E-state index is 11.6. The molecule has 118 valence electrons. The molecule has 22 heavy (non-hydrogen) atoms. The molecule has 0 amide bonds. The third kappa shape index (κ3) is 3.60. The number of hydrogen-bond donors (Lipinski definition) is 0. The van der Waals surface area contributed by atoms with Crippen molar-refractivity contribution in [2.24, 2.45) is 0 Å². The molecule has 0 fully saturated rings.